The van der Waals surface area contributed by atoms with E-state index in [1.165, 1.54) is 0 Å². The van der Waals surface area contributed by atoms with Crippen LogP contribution >= 0.6 is 0 Å². The highest BCUT2D eigenvalue weighted by molar-refractivity contribution is 5.90. The highest BCUT2D eigenvalue weighted by atomic mass is 16.5. The van der Waals surface area contributed by atoms with Crippen LogP contribution < -0.4 is 16.0 Å². The molecule has 6 heteroatoms. The SMILES string of the molecule is NNC(=O)c1ccc(COc2cccc3ncccc23)o1. The number of nitrogens with one attached hydrogen (secondary N) is 1. The molecule has 0 aliphatic carbocycles. The van der Waals surface area contributed by atoms with Gasteiger partial charge in [-0.1, -0.05) is 6.07 Å². The number of amides is 1. The maximum absolute atomic E-state index is 11.3. The molecule has 3 N–H and O–H groups in total. The first kappa shape index (κ1) is 13.1. The smallest absolute Gasteiger partial charge is 0.300 e. The third-order valence-electron chi connectivity index (χ3n) is 2.99. The van der Waals surface area contributed by atoms with Crippen LogP contribution in [0.5, 0.6) is 5.75 Å². The number of hydrogen-bond acceptors (Lipinski definition) is 5. The molecule has 0 spiro atoms. The van der Waals surface area contributed by atoms with Crippen molar-refractivity contribution in [1.82, 2.24) is 10.4 Å². The second-order valence-corrected chi connectivity index (χ2v) is 4.35. The molecule has 0 fully saturated rings. The fourth-order valence-corrected chi connectivity index (χ4v) is 2.00. The van der Waals surface area contributed by atoms with Gasteiger partial charge in [-0.2, -0.15) is 0 Å². The van der Waals surface area contributed by atoms with Crippen molar-refractivity contribution < 1.29 is 13.9 Å². The van der Waals surface area contributed by atoms with E-state index < -0.39 is 5.91 Å². The second kappa shape index (κ2) is 5.64. The third kappa shape index (κ3) is 2.70. The van der Waals surface area contributed by atoms with Crippen LogP contribution in [0.1, 0.15) is 16.3 Å². The highest BCUT2D eigenvalue weighted by Gasteiger charge is 2.10. The Labute approximate surface area is 120 Å². The average Bonchev–Trinajstić information content (AvgIpc) is 3.01. The number of hydrogen-bond donors (Lipinski definition) is 2. The van der Waals surface area contributed by atoms with Crippen LogP contribution in [0.3, 0.4) is 0 Å². The number of aromatic nitrogens is 1. The summed E-state index contributed by atoms with van der Waals surface area (Å²) in [6.07, 6.45) is 1.73. The number of rotatable bonds is 4. The van der Waals surface area contributed by atoms with Gasteiger partial charge in [0, 0.05) is 11.6 Å². The molecule has 106 valence electrons. The number of ether oxygens (including phenoxy) is 1. The first-order valence-corrected chi connectivity index (χ1v) is 6.34. The Bertz CT molecular complexity index is 777. The number of carbonyl (C=O) groups is 1. The Morgan fingerprint density at radius 2 is 2.14 bits per heavy atom. The van der Waals surface area contributed by atoms with Gasteiger partial charge in [0.05, 0.1) is 5.52 Å². The predicted molar refractivity (Wildman–Crippen MR) is 76.4 cm³/mol. The van der Waals surface area contributed by atoms with Crippen molar-refractivity contribution in [2.75, 3.05) is 0 Å². The van der Waals surface area contributed by atoms with Crippen molar-refractivity contribution in [2.24, 2.45) is 5.84 Å². The summed E-state index contributed by atoms with van der Waals surface area (Å²) >= 11 is 0. The largest absolute Gasteiger partial charge is 0.485 e. The first-order valence-electron chi connectivity index (χ1n) is 6.34. The van der Waals surface area contributed by atoms with E-state index >= 15 is 0 Å². The minimum atomic E-state index is -0.476. The standard InChI is InChI=1S/C15H13N3O3/c16-18-15(19)14-7-6-10(21-14)9-20-13-5-1-4-12-11(13)3-2-8-17-12/h1-8H,9,16H2,(H,18,19). The minimum absolute atomic E-state index is 0.149. The summed E-state index contributed by atoms with van der Waals surface area (Å²) in [4.78, 5) is 15.6. The Morgan fingerprint density at radius 3 is 3.00 bits per heavy atom. The lowest BCUT2D eigenvalue weighted by Gasteiger charge is -2.07. The number of furan rings is 1. The van der Waals surface area contributed by atoms with Gasteiger partial charge in [-0.15, -0.1) is 0 Å². The summed E-state index contributed by atoms with van der Waals surface area (Å²) in [6, 6.07) is 12.7. The van der Waals surface area contributed by atoms with Crippen LogP contribution in [-0.2, 0) is 6.61 Å². The van der Waals surface area contributed by atoms with E-state index in [0.717, 1.165) is 10.9 Å². The van der Waals surface area contributed by atoms with Crippen LogP contribution in [0.4, 0.5) is 0 Å². The molecule has 0 aliphatic heterocycles. The molecule has 2 heterocycles. The number of nitrogen functional groups attached to an aromatic ring is 1. The van der Waals surface area contributed by atoms with E-state index in [2.05, 4.69) is 4.98 Å². The number of nitrogens with two attached hydrogens (primary N) is 1. The molecule has 3 aromatic rings. The van der Waals surface area contributed by atoms with E-state index in [9.17, 15) is 4.79 Å². The fraction of sp³-hybridized carbons (Fsp3) is 0.0667. The summed E-state index contributed by atoms with van der Waals surface area (Å²) in [5.41, 5.74) is 2.87. The minimum Gasteiger partial charge on any atom is -0.485 e. The summed E-state index contributed by atoms with van der Waals surface area (Å²) < 4.78 is 11.1. The quantitative estimate of drug-likeness (QED) is 0.434. The molecule has 2 aromatic heterocycles. The Morgan fingerprint density at radius 1 is 1.24 bits per heavy atom. The van der Waals surface area contributed by atoms with Crippen molar-refractivity contribution in [1.29, 1.82) is 0 Å². The first-order chi connectivity index (χ1) is 10.3. The Hall–Kier alpha value is -2.86. The topological polar surface area (TPSA) is 90.4 Å². The lowest BCUT2D eigenvalue weighted by Crippen LogP contribution is -2.29. The van der Waals surface area contributed by atoms with Gasteiger partial charge in [0.25, 0.3) is 0 Å². The normalized spacial score (nSPS) is 10.5. The molecular weight excluding hydrogens is 270 g/mol. The number of carbonyl (C=O) groups excluding carboxylic acids is 1. The monoisotopic (exact) mass is 283 g/mol. The molecule has 21 heavy (non-hydrogen) atoms. The molecule has 0 bridgehead atoms. The van der Waals surface area contributed by atoms with Crippen molar-refractivity contribution >= 4 is 16.8 Å². The van der Waals surface area contributed by atoms with Gasteiger partial charge in [-0.25, -0.2) is 5.84 Å². The molecule has 6 nitrogen and oxygen atoms in total. The van der Waals surface area contributed by atoms with Gasteiger partial charge < -0.3 is 9.15 Å². The van der Waals surface area contributed by atoms with Crippen LogP contribution in [0.2, 0.25) is 0 Å². The molecule has 1 amide bonds. The van der Waals surface area contributed by atoms with Gasteiger partial charge in [-0.3, -0.25) is 15.2 Å². The molecule has 3 rings (SSSR count). The molecule has 0 saturated carbocycles. The van der Waals surface area contributed by atoms with Crippen LogP contribution in [-0.4, -0.2) is 10.9 Å². The van der Waals surface area contributed by atoms with Crippen molar-refractivity contribution in [3.63, 3.8) is 0 Å². The van der Waals surface area contributed by atoms with Gasteiger partial charge in [0.1, 0.15) is 18.1 Å². The molecule has 0 unspecified atom stereocenters. The van der Waals surface area contributed by atoms with Gasteiger partial charge in [-0.05, 0) is 36.4 Å². The van der Waals surface area contributed by atoms with E-state index in [4.69, 9.17) is 15.0 Å². The zero-order valence-corrected chi connectivity index (χ0v) is 11.1. The van der Waals surface area contributed by atoms with E-state index in [0.29, 0.717) is 11.5 Å². The summed E-state index contributed by atoms with van der Waals surface area (Å²) in [5.74, 6) is 5.96. The van der Waals surface area contributed by atoms with Crippen LogP contribution in [0, 0.1) is 0 Å². The highest BCUT2D eigenvalue weighted by Crippen LogP contribution is 2.24. The van der Waals surface area contributed by atoms with Gasteiger partial charge in [0.15, 0.2) is 5.76 Å². The van der Waals surface area contributed by atoms with Crippen LogP contribution in [0.25, 0.3) is 10.9 Å². The number of fused-ring (bicyclic) bond motifs is 1. The second-order valence-electron chi connectivity index (χ2n) is 4.35. The Balaban J connectivity index is 1.77. The number of benzene rings is 1. The lowest BCUT2D eigenvalue weighted by molar-refractivity contribution is 0.0922. The molecule has 0 aliphatic rings. The molecule has 0 atom stereocenters. The molecule has 0 radical (unpaired) electrons. The number of nitrogens with zero attached hydrogens (tertiary/aromatic N) is 1. The maximum atomic E-state index is 11.3. The number of pyridine rings is 1. The average molecular weight is 283 g/mol. The van der Waals surface area contributed by atoms with E-state index in [1.807, 2.05) is 35.8 Å². The van der Waals surface area contributed by atoms with Crippen molar-refractivity contribution in [3.8, 4) is 5.75 Å². The third-order valence-corrected chi connectivity index (χ3v) is 2.99. The van der Waals surface area contributed by atoms with Crippen LogP contribution in [0.15, 0.2) is 53.1 Å². The van der Waals surface area contributed by atoms with E-state index in [1.54, 1.807) is 18.3 Å². The fourth-order valence-electron chi connectivity index (χ4n) is 2.00. The molecular formula is C15H13N3O3. The summed E-state index contributed by atoms with van der Waals surface area (Å²) in [6.45, 7) is 0.214. The lowest BCUT2D eigenvalue weighted by atomic mass is 10.2. The zero-order chi connectivity index (χ0) is 14.7. The number of hydrazine groups is 1. The van der Waals surface area contributed by atoms with Gasteiger partial charge in [0.2, 0.25) is 0 Å². The summed E-state index contributed by atoms with van der Waals surface area (Å²) in [7, 11) is 0. The Kier molecular flexibility index (Phi) is 3.53. The summed E-state index contributed by atoms with van der Waals surface area (Å²) in [5, 5.41) is 0.923. The molecule has 1 aromatic carbocycles. The zero-order valence-electron chi connectivity index (χ0n) is 11.1. The van der Waals surface area contributed by atoms with Crippen molar-refractivity contribution in [3.05, 3.63) is 60.2 Å². The molecule has 0 saturated heterocycles. The predicted octanol–water partition coefficient (Wildman–Crippen LogP) is 2.01. The van der Waals surface area contributed by atoms with E-state index in [-0.39, 0.29) is 12.4 Å². The van der Waals surface area contributed by atoms with Crippen molar-refractivity contribution in [2.45, 2.75) is 6.61 Å². The maximum Gasteiger partial charge on any atom is 0.300 e. The van der Waals surface area contributed by atoms with Gasteiger partial charge >= 0.3 is 5.91 Å².